The summed E-state index contributed by atoms with van der Waals surface area (Å²) in [5.74, 6) is -1.75. The van der Waals surface area contributed by atoms with Crippen molar-refractivity contribution in [1.82, 2.24) is 0 Å². The Kier molecular flexibility index (Phi) is 2.73. The molecule has 0 spiro atoms. The topological polar surface area (TPSA) is 26.3 Å². The number of hydrogen-bond acceptors (Lipinski definition) is 2. The van der Waals surface area contributed by atoms with E-state index in [4.69, 9.17) is 0 Å². The van der Waals surface area contributed by atoms with Crippen molar-refractivity contribution in [2.45, 2.75) is 6.18 Å². The van der Waals surface area contributed by atoms with Gasteiger partial charge in [-0.2, -0.15) is 13.2 Å². The molecule has 1 aromatic carbocycles. The van der Waals surface area contributed by atoms with Crippen LogP contribution in [0.15, 0.2) is 18.2 Å². The second-order valence-electron chi connectivity index (χ2n) is 2.35. The smallest absolute Gasteiger partial charge is 0.419 e. The molecule has 0 N–H and O–H groups in total. The molecule has 0 amide bonds. The first kappa shape index (κ1) is 10.5. The summed E-state index contributed by atoms with van der Waals surface area (Å²) in [6.07, 6.45) is -4.75. The third-order valence-electron chi connectivity index (χ3n) is 1.43. The highest BCUT2D eigenvalue weighted by molar-refractivity contribution is 5.45. The number of hydrogen-bond donors (Lipinski definition) is 0. The molecule has 0 bridgehead atoms. The molecule has 0 aliphatic rings. The highest BCUT2D eigenvalue weighted by Crippen LogP contribution is 2.32. The molecule has 0 heterocycles. The average molecular weight is 208 g/mol. The molecule has 14 heavy (non-hydrogen) atoms. The molecule has 0 saturated carbocycles. The van der Waals surface area contributed by atoms with Gasteiger partial charge in [0.05, 0.1) is 5.56 Å². The van der Waals surface area contributed by atoms with E-state index in [1.165, 1.54) is 0 Å². The number of halogens is 4. The van der Waals surface area contributed by atoms with Gasteiger partial charge in [0.15, 0.2) is 0 Å². The van der Waals surface area contributed by atoms with Crippen LogP contribution in [0.5, 0.6) is 5.75 Å². The number of rotatable bonds is 2. The van der Waals surface area contributed by atoms with Crippen LogP contribution in [0.3, 0.4) is 0 Å². The van der Waals surface area contributed by atoms with E-state index in [2.05, 4.69) is 4.74 Å². The van der Waals surface area contributed by atoms with Gasteiger partial charge >= 0.3 is 6.18 Å². The van der Waals surface area contributed by atoms with Gasteiger partial charge in [-0.15, -0.1) is 0 Å². The van der Waals surface area contributed by atoms with Crippen molar-refractivity contribution in [3.05, 3.63) is 29.6 Å². The predicted octanol–water partition coefficient (Wildman–Crippen LogP) is 2.38. The van der Waals surface area contributed by atoms with Crippen molar-refractivity contribution in [1.29, 1.82) is 0 Å². The van der Waals surface area contributed by atoms with Crippen LogP contribution in [0.4, 0.5) is 17.6 Å². The van der Waals surface area contributed by atoms with Crippen molar-refractivity contribution in [2.75, 3.05) is 0 Å². The maximum atomic E-state index is 12.8. The lowest BCUT2D eigenvalue weighted by Crippen LogP contribution is -2.08. The number of carbonyl (C=O) groups excluding carboxylic acids is 1. The van der Waals surface area contributed by atoms with E-state index in [1.54, 1.807) is 0 Å². The van der Waals surface area contributed by atoms with Gasteiger partial charge in [0.1, 0.15) is 11.6 Å². The molecular weight excluding hydrogens is 204 g/mol. The lowest BCUT2D eigenvalue weighted by Gasteiger charge is -2.07. The minimum atomic E-state index is -4.75. The standard InChI is InChI=1S/C8H4F4O2/c9-7-3-5(14-4-13)1-2-6(7)8(10,11)12/h1-4H. The Morgan fingerprint density at radius 3 is 2.36 bits per heavy atom. The second-order valence-corrected chi connectivity index (χ2v) is 2.35. The zero-order chi connectivity index (χ0) is 10.8. The maximum absolute atomic E-state index is 12.8. The fourth-order valence-electron chi connectivity index (χ4n) is 0.855. The normalized spacial score (nSPS) is 11.1. The van der Waals surface area contributed by atoms with Crippen molar-refractivity contribution < 1.29 is 27.1 Å². The van der Waals surface area contributed by atoms with Crippen LogP contribution in [0.25, 0.3) is 0 Å². The van der Waals surface area contributed by atoms with Gasteiger partial charge < -0.3 is 4.74 Å². The molecule has 0 unspecified atom stereocenters. The molecular formula is C8H4F4O2. The van der Waals surface area contributed by atoms with Gasteiger partial charge in [0.25, 0.3) is 6.47 Å². The summed E-state index contributed by atoms with van der Waals surface area (Å²) in [5.41, 5.74) is -1.39. The molecule has 0 saturated heterocycles. The SMILES string of the molecule is O=COc1ccc(C(F)(F)F)c(F)c1. The van der Waals surface area contributed by atoms with E-state index in [9.17, 15) is 22.4 Å². The molecule has 76 valence electrons. The van der Waals surface area contributed by atoms with Crippen LogP contribution in [0, 0.1) is 5.82 Å². The van der Waals surface area contributed by atoms with Crippen LogP contribution in [-0.2, 0) is 11.0 Å². The third kappa shape index (κ3) is 2.21. The predicted molar refractivity (Wildman–Crippen MR) is 38.1 cm³/mol. The first-order valence-corrected chi connectivity index (χ1v) is 3.42. The molecule has 0 fully saturated rings. The van der Waals surface area contributed by atoms with Crippen molar-refractivity contribution in [3.63, 3.8) is 0 Å². The Balaban J connectivity index is 3.07. The minimum absolute atomic E-state index is 0.00202. The van der Waals surface area contributed by atoms with Crippen molar-refractivity contribution in [3.8, 4) is 5.75 Å². The number of ether oxygens (including phenoxy) is 1. The van der Waals surface area contributed by atoms with E-state index >= 15 is 0 Å². The van der Waals surface area contributed by atoms with Crippen LogP contribution in [0.1, 0.15) is 5.56 Å². The molecule has 0 atom stereocenters. The first-order valence-electron chi connectivity index (χ1n) is 3.42. The molecule has 0 aliphatic heterocycles. The second kappa shape index (κ2) is 3.65. The summed E-state index contributed by atoms with van der Waals surface area (Å²) in [4.78, 5) is 9.80. The Labute approximate surface area is 76.1 Å². The first-order chi connectivity index (χ1) is 6.45. The Hall–Kier alpha value is -1.59. The largest absolute Gasteiger partial charge is 0.429 e. The Morgan fingerprint density at radius 1 is 1.29 bits per heavy atom. The Bertz CT molecular complexity index is 346. The summed E-state index contributed by atoms with van der Waals surface area (Å²) in [6.45, 7) is 0.00202. The monoisotopic (exact) mass is 208 g/mol. The molecule has 2 nitrogen and oxygen atoms in total. The van der Waals surface area contributed by atoms with Gasteiger partial charge in [0, 0.05) is 6.07 Å². The molecule has 0 aliphatic carbocycles. The lowest BCUT2D eigenvalue weighted by molar-refractivity contribution is -0.140. The van der Waals surface area contributed by atoms with E-state index in [-0.39, 0.29) is 12.2 Å². The highest BCUT2D eigenvalue weighted by atomic mass is 19.4. The third-order valence-corrected chi connectivity index (χ3v) is 1.43. The highest BCUT2D eigenvalue weighted by Gasteiger charge is 2.33. The Morgan fingerprint density at radius 2 is 1.93 bits per heavy atom. The number of carbonyl (C=O) groups is 1. The number of alkyl halides is 3. The fraction of sp³-hybridized carbons (Fsp3) is 0.125. The van der Waals surface area contributed by atoms with Crippen LogP contribution >= 0.6 is 0 Å². The summed E-state index contributed by atoms with van der Waals surface area (Å²) in [7, 11) is 0. The average Bonchev–Trinajstić information content (AvgIpc) is 2.02. The lowest BCUT2D eigenvalue weighted by atomic mass is 10.2. The summed E-state index contributed by atoms with van der Waals surface area (Å²) >= 11 is 0. The van der Waals surface area contributed by atoms with E-state index in [0.717, 1.165) is 6.07 Å². The van der Waals surface area contributed by atoms with Crippen molar-refractivity contribution in [2.24, 2.45) is 0 Å². The van der Waals surface area contributed by atoms with Gasteiger partial charge in [0.2, 0.25) is 0 Å². The molecule has 0 aromatic heterocycles. The quantitative estimate of drug-likeness (QED) is 0.551. The summed E-state index contributed by atoms with van der Waals surface area (Å²) in [6, 6.07) is 1.87. The van der Waals surface area contributed by atoms with Gasteiger partial charge in [-0.3, -0.25) is 4.79 Å². The zero-order valence-corrected chi connectivity index (χ0v) is 6.64. The van der Waals surface area contributed by atoms with Gasteiger partial charge in [-0.05, 0) is 12.1 Å². The minimum Gasteiger partial charge on any atom is -0.429 e. The number of benzene rings is 1. The van der Waals surface area contributed by atoms with E-state index < -0.39 is 17.6 Å². The fourth-order valence-corrected chi connectivity index (χ4v) is 0.855. The van der Waals surface area contributed by atoms with Gasteiger partial charge in [-0.25, -0.2) is 4.39 Å². The van der Waals surface area contributed by atoms with Crippen LogP contribution in [-0.4, -0.2) is 6.47 Å². The maximum Gasteiger partial charge on any atom is 0.419 e. The summed E-state index contributed by atoms with van der Waals surface area (Å²) < 4.78 is 53.0. The van der Waals surface area contributed by atoms with Crippen LogP contribution < -0.4 is 4.74 Å². The molecule has 1 aromatic rings. The zero-order valence-electron chi connectivity index (χ0n) is 6.64. The van der Waals surface area contributed by atoms with Gasteiger partial charge in [-0.1, -0.05) is 0 Å². The van der Waals surface area contributed by atoms with E-state index in [1.807, 2.05) is 0 Å². The van der Waals surface area contributed by atoms with Crippen molar-refractivity contribution >= 4 is 6.47 Å². The molecule has 0 radical (unpaired) electrons. The van der Waals surface area contributed by atoms with Crippen LogP contribution in [0.2, 0.25) is 0 Å². The summed E-state index contributed by atoms with van der Waals surface area (Å²) in [5, 5.41) is 0. The molecule has 6 heteroatoms. The van der Waals surface area contributed by atoms with E-state index in [0.29, 0.717) is 12.1 Å². The molecule has 1 rings (SSSR count).